The fraction of sp³-hybridized carbons (Fsp3) is 0.464. The summed E-state index contributed by atoms with van der Waals surface area (Å²) in [5.41, 5.74) is 4.02. The molecule has 5 heterocycles. The number of rotatable bonds is 9. The number of amides is 2. The molecule has 0 aromatic carbocycles. The number of likely N-dealkylation sites (tertiary alicyclic amines) is 1. The fourth-order valence-corrected chi connectivity index (χ4v) is 7.05. The lowest BCUT2D eigenvalue weighted by Gasteiger charge is -2.46. The van der Waals surface area contributed by atoms with Crippen LogP contribution in [-0.2, 0) is 6.54 Å². The molecule has 210 valence electrons. The lowest BCUT2D eigenvalue weighted by Crippen LogP contribution is -2.51. The maximum atomic E-state index is 13.3. The first-order valence-corrected chi connectivity index (χ1v) is 14.6. The number of nitrogens with zero attached hydrogens (tertiary/aromatic N) is 6. The molecule has 2 amide bonds. The molecule has 6 rings (SSSR count). The third kappa shape index (κ3) is 4.79. The van der Waals surface area contributed by atoms with Crippen LogP contribution >= 0.6 is 11.3 Å². The molecular formula is C28H33FN8O2S. The van der Waals surface area contributed by atoms with Crippen LogP contribution in [0, 0.1) is 13.8 Å². The number of pyridine rings is 1. The third-order valence-electron chi connectivity index (χ3n) is 8.40. The number of hydrogen-bond donors (Lipinski definition) is 2. The minimum absolute atomic E-state index is 0.200. The highest BCUT2D eigenvalue weighted by atomic mass is 32.1. The van der Waals surface area contributed by atoms with Crippen molar-refractivity contribution in [3.8, 4) is 10.4 Å². The van der Waals surface area contributed by atoms with Gasteiger partial charge in [0.05, 0.1) is 46.3 Å². The number of hydrogen-bond acceptors (Lipinski definition) is 7. The fourth-order valence-electron chi connectivity index (χ4n) is 5.93. The van der Waals surface area contributed by atoms with E-state index in [2.05, 4.69) is 30.7 Å². The maximum Gasteiger partial charge on any atom is 0.260 e. The number of carbonyl (C=O) groups is 2. The van der Waals surface area contributed by atoms with E-state index in [9.17, 15) is 14.0 Å². The van der Waals surface area contributed by atoms with Crippen molar-refractivity contribution in [3.63, 3.8) is 0 Å². The van der Waals surface area contributed by atoms with Crippen molar-refractivity contribution in [2.24, 2.45) is 0 Å². The minimum atomic E-state index is -0.490. The normalized spacial score (nSPS) is 16.5. The van der Waals surface area contributed by atoms with Gasteiger partial charge >= 0.3 is 0 Å². The van der Waals surface area contributed by atoms with Gasteiger partial charge in [0.1, 0.15) is 11.5 Å². The van der Waals surface area contributed by atoms with Crippen LogP contribution in [0.4, 0.5) is 10.1 Å². The summed E-state index contributed by atoms with van der Waals surface area (Å²) in [5, 5.41) is 14.6. The van der Waals surface area contributed by atoms with E-state index in [1.54, 1.807) is 34.6 Å². The van der Waals surface area contributed by atoms with Gasteiger partial charge < -0.3 is 10.6 Å². The van der Waals surface area contributed by atoms with Crippen molar-refractivity contribution in [2.75, 3.05) is 31.6 Å². The molecule has 0 unspecified atom stereocenters. The molecular weight excluding hydrogens is 531 g/mol. The second kappa shape index (κ2) is 10.7. The summed E-state index contributed by atoms with van der Waals surface area (Å²) in [7, 11) is 0. The molecule has 2 N–H and O–H groups in total. The van der Waals surface area contributed by atoms with Crippen LogP contribution in [0.15, 0.2) is 30.9 Å². The van der Waals surface area contributed by atoms with Crippen LogP contribution in [0.2, 0.25) is 0 Å². The molecule has 1 saturated heterocycles. The molecule has 2 aliphatic rings. The second-order valence-corrected chi connectivity index (χ2v) is 11.7. The Morgan fingerprint density at radius 3 is 2.67 bits per heavy atom. The molecule has 0 atom stereocenters. The number of aryl methyl sites for hydroxylation is 2. The Hall–Kier alpha value is -3.64. The van der Waals surface area contributed by atoms with Gasteiger partial charge in [0.25, 0.3) is 11.8 Å². The first kappa shape index (κ1) is 26.6. The summed E-state index contributed by atoms with van der Waals surface area (Å²) in [6.45, 7) is 5.93. The number of nitrogens with one attached hydrogen (secondary N) is 2. The van der Waals surface area contributed by atoms with Gasteiger partial charge in [-0.2, -0.15) is 10.2 Å². The average Bonchev–Trinajstić information content (AvgIpc) is 3.69. The molecule has 10 nitrogen and oxygen atoms in total. The van der Waals surface area contributed by atoms with E-state index in [1.165, 1.54) is 49.6 Å². The van der Waals surface area contributed by atoms with Crippen molar-refractivity contribution in [2.45, 2.75) is 58.0 Å². The van der Waals surface area contributed by atoms with Crippen LogP contribution in [0.3, 0.4) is 0 Å². The van der Waals surface area contributed by atoms with Gasteiger partial charge in [-0.1, -0.05) is 0 Å². The molecule has 1 aliphatic carbocycles. The highest BCUT2D eigenvalue weighted by Crippen LogP contribution is 2.45. The molecule has 0 bridgehead atoms. The molecule has 4 aromatic rings. The minimum Gasteiger partial charge on any atom is -0.351 e. The Kier molecular flexibility index (Phi) is 7.13. The summed E-state index contributed by atoms with van der Waals surface area (Å²) < 4.78 is 16.1. The van der Waals surface area contributed by atoms with Gasteiger partial charge in [-0.15, -0.1) is 11.3 Å². The smallest absolute Gasteiger partial charge is 0.260 e. The van der Waals surface area contributed by atoms with Crippen LogP contribution in [-0.4, -0.2) is 72.9 Å². The quantitative estimate of drug-likeness (QED) is 0.315. The molecule has 2 fully saturated rings. The molecule has 4 aromatic heterocycles. The van der Waals surface area contributed by atoms with Crippen molar-refractivity contribution >= 4 is 33.7 Å². The highest BCUT2D eigenvalue weighted by Gasteiger charge is 2.44. The monoisotopic (exact) mass is 564 g/mol. The molecule has 1 aliphatic heterocycles. The summed E-state index contributed by atoms with van der Waals surface area (Å²) in [6, 6.07) is 1.67. The van der Waals surface area contributed by atoms with Gasteiger partial charge in [-0.3, -0.25) is 24.2 Å². The van der Waals surface area contributed by atoms with Crippen LogP contribution in [0.1, 0.15) is 64.2 Å². The zero-order valence-corrected chi connectivity index (χ0v) is 23.6. The van der Waals surface area contributed by atoms with Gasteiger partial charge in [-0.25, -0.2) is 8.91 Å². The summed E-state index contributed by atoms with van der Waals surface area (Å²) in [4.78, 5) is 34.6. The predicted molar refractivity (Wildman–Crippen MR) is 152 cm³/mol. The largest absolute Gasteiger partial charge is 0.351 e. The van der Waals surface area contributed by atoms with Crippen LogP contribution < -0.4 is 10.6 Å². The topological polar surface area (TPSA) is 109 Å². The number of anilines is 1. The summed E-state index contributed by atoms with van der Waals surface area (Å²) in [6.07, 6.45) is 13.0. The van der Waals surface area contributed by atoms with E-state index in [0.717, 1.165) is 29.2 Å². The van der Waals surface area contributed by atoms with Gasteiger partial charge in [0.15, 0.2) is 0 Å². The lowest BCUT2D eigenvalue weighted by molar-refractivity contribution is 0.0561. The Balaban J connectivity index is 1.13. The zero-order valence-electron chi connectivity index (χ0n) is 22.7. The summed E-state index contributed by atoms with van der Waals surface area (Å²) >= 11 is 1.41. The Bertz CT molecular complexity index is 1570. The number of aromatic nitrogens is 5. The van der Waals surface area contributed by atoms with Crippen molar-refractivity contribution in [1.29, 1.82) is 0 Å². The Labute approximate surface area is 235 Å². The Morgan fingerprint density at radius 2 is 1.90 bits per heavy atom. The van der Waals surface area contributed by atoms with E-state index < -0.39 is 6.67 Å². The predicted octanol–water partition coefficient (Wildman–Crippen LogP) is 4.24. The van der Waals surface area contributed by atoms with Crippen LogP contribution in [0.25, 0.3) is 15.3 Å². The van der Waals surface area contributed by atoms with Gasteiger partial charge in [0, 0.05) is 42.3 Å². The maximum absolute atomic E-state index is 13.3. The Morgan fingerprint density at radius 1 is 1.07 bits per heavy atom. The first-order chi connectivity index (χ1) is 19.4. The SMILES string of the molecule is Cc1ncc(C(=O)NCCN2CCCC23CCC3)cc1NC(=O)c1cnn2cc(-c3cnn(CCF)c3C)sc12. The van der Waals surface area contributed by atoms with E-state index in [4.69, 9.17) is 0 Å². The van der Waals surface area contributed by atoms with E-state index in [0.29, 0.717) is 39.4 Å². The molecule has 1 saturated carbocycles. The molecule has 0 radical (unpaired) electrons. The second-order valence-electron chi connectivity index (χ2n) is 10.7. The first-order valence-electron chi connectivity index (χ1n) is 13.8. The molecule has 40 heavy (non-hydrogen) atoms. The van der Waals surface area contributed by atoms with Crippen molar-refractivity contribution in [3.05, 3.63) is 53.4 Å². The van der Waals surface area contributed by atoms with Crippen molar-refractivity contribution in [1.82, 2.24) is 34.6 Å². The highest BCUT2D eigenvalue weighted by molar-refractivity contribution is 7.21. The number of carbonyl (C=O) groups excluding carboxylic acids is 2. The van der Waals surface area contributed by atoms with E-state index >= 15 is 0 Å². The standard InChI is InChI=1S/C28H33FN8O2S/c1-18-23(13-20(14-31-18)25(38)30-9-12-35-10-4-7-28(35)5-3-6-28)34-26(39)22-16-33-37-17-24(40-27(22)37)21-15-32-36(11-8-29)19(21)2/h13-17H,3-12H2,1-2H3,(H,30,38)(H,34,39). The van der Waals surface area contributed by atoms with Gasteiger partial charge in [0.2, 0.25) is 0 Å². The number of fused-ring (bicyclic) bond motifs is 1. The number of halogens is 1. The molecule has 12 heteroatoms. The number of alkyl halides is 1. The third-order valence-corrected chi connectivity index (χ3v) is 9.54. The number of thiazole rings is 1. The average molecular weight is 565 g/mol. The molecule has 1 spiro atoms. The van der Waals surface area contributed by atoms with Crippen molar-refractivity contribution < 1.29 is 14.0 Å². The van der Waals surface area contributed by atoms with Crippen LogP contribution in [0.5, 0.6) is 0 Å². The summed E-state index contributed by atoms with van der Waals surface area (Å²) in [5.74, 6) is -0.542. The van der Waals surface area contributed by atoms with E-state index in [1.807, 2.05) is 13.1 Å². The lowest BCUT2D eigenvalue weighted by atomic mass is 9.75. The van der Waals surface area contributed by atoms with E-state index in [-0.39, 0.29) is 18.4 Å². The van der Waals surface area contributed by atoms with Gasteiger partial charge in [-0.05, 0) is 58.6 Å². The zero-order chi connectivity index (χ0) is 27.9.